The summed E-state index contributed by atoms with van der Waals surface area (Å²) in [7, 11) is 0. The second kappa shape index (κ2) is 6.18. The molecule has 0 heterocycles. The molecule has 0 saturated heterocycles. The quantitative estimate of drug-likeness (QED) is 0.686. The van der Waals surface area contributed by atoms with Crippen LogP contribution in [0.3, 0.4) is 0 Å². The first-order valence-electron chi connectivity index (χ1n) is 6.30. The van der Waals surface area contributed by atoms with Crippen LogP contribution in [-0.4, -0.2) is 15.8 Å². The van der Waals surface area contributed by atoms with Crippen molar-refractivity contribution in [3.05, 3.63) is 73.6 Å². The Bertz CT molecular complexity index is 822. The maximum Gasteiger partial charge on any atom is 0.306 e. The summed E-state index contributed by atoms with van der Waals surface area (Å²) in [5.74, 6) is -1.72. The Hall–Kier alpha value is -3.36. The second-order valence-electron chi connectivity index (χ2n) is 4.63. The molecule has 0 spiro atoms. The highest BCUT2D eigenvalue weighted by molar-refractivity contribution is 6.05. The molecule has 0 aromatic heterocycles. The van der Waals surface area contributed by atoms with Gasteiger partial charge in [0.1, 0.15) is 0 Å². The van der Waals surface area contributed by atoms with E-state index in [1.54, 1.807) is 6.92 Å². The number of aryl methyl sites for hydroxylation is 1. The van der Waals surface area contributed by atoms with Crippen LogP contribution in [0.4, 0.5) is 21.5 Å². The molecule has 0 fully saturated rings. The predicted octanol–water partition coefficient (Wildman–Crippen LogP) is 3.20. The van der Waals surface area contributed by atoms with Crippen molar-refractivity contribution in [2.45, 2.75) is 6.92 Å². The summed E-state index contributed by atoms with van der Waals surface area (Å²) >= 11 is 0. The van der Waals surface area contributed by atoms with Gasteiger partial charge in [-0.1, -0.05) is 6.07 Å². The fraction of sp³-hybridized carbons (Fsp3) is 0.0714. The highest BCUT2D eigenvalue weighted by Crippen LogP contribution is 2.23. The average molecular weight is 319 g/mol. The van der Waals surface area contributed by atoms with Gasteiger partial charge >= 0.3 is 5.69 Å². The molecule has 2 aromatic rings. The van der Waals surface area contributed by atoms with E-state index in [4.69, 9.17) is 0 Å². The van der Waals surface area contributed by atoms with Gasteiger partial charge in [-0.15, -0.1) is 0 Å². The van der Waals surface area contributed by atoms with Gasteiger partial charge < -0.3 is 5.32 Å². The molecule has 2 aromatic carbocycles. The monoisotopic (exact) mass is 319 g/mol. The normalized spacial score (nSPS) is 10.2. The molecule has 1 amide bonds. The van der Waals surface area contributed by atoms with Crippen LogP contribution in [0.5, 0.6) is 0 Å². The molecule has 0 aliphatic carbocycles. The zero-order chi connectivity index (χ0) is 17.1. The topological polar surface area (TPSA) is 115 Å². The van der Waals surface area contributed by atoms with Crippen LogP contribution in [0.25, 0.3) is 0 Å². The van der Waals surface area contributed by atoms with Crippen molar-refractivity contribution in [2.75, 3.05) is 5.32 Å². The fourth-order valence-electron chi connectivity index (χ4n) is 1.90. The first-order valence-corrected chi connectivity index (χ1v) is 6.30. The van der Waals surface area contributed by atoms with E-state index in [2.05, 4.69) is 5.32 Å². The molecule has 9 heteroatoms. The van der Waals surface area contributed by atoms with Crippen molar-refractivity contribution in [2.24, 2.45) is 0 Å². The fourth-order valence-corrected chi connectivity index (χ4v) is 1.90. The lowest BCUT2D eigenvalue weighted by Gasteiger charge is -2.08. The van der Waals surface area contributed by atoms with E-state index in [-0.39, 0.29) is 16.9 Å². The lowest BCUT2D eigenvalue weighted by atomic mass is 10.1. The molecule has 0 radical (unpaired) electrons. The standard InChI is InChI=1S/C14H10FN3O5/c1-8-2-4-10(17(20)21)7-11(8)14(19)16-9-3-5-12(15)13(6-9)18(22)23/h2-7H,1H3,(H,16,19). The zero-order valence-corrected chi connectivity index (χ0v) is 11.8. The number of carbonyl (C=O) groups excluding carboxylic acids is 1. The largest absolute Gasteiger partial charge is 0.322 e. The molecule has 0 saturated carbocycles. The number of nitro benzene ring substituents is 2. The minimum absolute atomic E-state index is 0.00834. The number of hydrogen-bond donors (Lipinski definition) is 1. The first kappa shape index (κ1) is 16.0. The number of anilines is 1. The highest BCUT2D eigenvalue weighted by Gasteiger charge is 2.18. The number of non-ortho nitro benzene ring substituents is 1. The van der Waals surface area contributed by atoms with Crippen molar-refractivity contribution in [1.82, 2.24) is 0 Å². The van der Waals surface area contributed by atoms with Crippen LogP contribution in [-0.2, 0) is 0 Å². The van der Waals surface area contributed by atoms with Gasteiger partial charge in [-0.05, 0) is 24.6 Å². The lowest BCUT2D eigenvalue weighted by molar-refractivity contribution is -0.387. The van der Waals surface area contributed by atoms with Crippen LogP contribution in [0.15, 0.2) is 36.4 Å². The summed E-state index contributed by atoms with van der Waals surface area (Å²) < 4.78 is 13.3. The van der Waals surface area contributed by atoms with Crippen LogP contribution < -0.4 is 5.32 Å². The summed E-state index contributed by atoms with van der Waals surface area (Å²) in [5.41, 5.74) is -0.491. The molecule has 23 heavy (non-hydrogen) atoms. The Morgan fingerprint density at radius 3 is 2.39 bits per heavy atom. The molecule has 0 aliphatic rings. The molecule has 0 aliphatic heterocycles. The number of benzene rings is 2. The molecular weight excluding hydrogens is 309 g/mol. The van der Waals surface area contributed by atoms with Gasteiger partial charge in [-0.25, -0.2) is 0 Å². The van der Waals surface area contributed by atoms with Gasteiger partial charge in [0, 0.05) is 29.4 Å². The summed E-state index contributed by atoms with van der Waals surface area (Å²) in [6, 6.07) is 6.67. The number of nitro groups is 2. The first-order chi connectivity index (χ1) is 10.8. The van der Waals surface area contributed by atoms with Crippen molar-refractivity contribution >= 4 is 23.0 Å². The number of amides is 1. The van der Waals surface area contributed by atoms with Gasteiger partial charge in [-0.3, -0.25) is 25.0 Å². The van der Waals surface area contributed by atoms with Crippen LogP contribution in [0.1, 0.15) is 15.9 Å². The van der Waals surface area contributed by atoms with Gasteiger partial charge in [0.2, 0.25) is 5.82 Å². The van der Waals surface area contributed by atoms with Crippen molar-refractivity contribution in [3.63, 3.8) is 0 Å². The number of hydrogen-bond acceptors (Lipinski definition) is 5. The average Bonchev–Trinajstić information content (AvgIpc) is 2.49. The van der Waals surface area contributed by atoms with E-state index in [1.165, 1.54) is 12.1 Å². The van der Waals surface area contributed by atoms with Crippen LogP contribution in [0.2, 0.25) is 0 Å². The van der Waals surface area contributed by atoms with E-state index in [9.17, 15) is 29.4 Å². The molecular formula is C14H10FN3O5. The summed E-state index contributed by atoms with van der Waals surface area (Å²) in [6.07, 6.45) is 0. The van der Waals surface area contributed by atoms with E-state index in [0.717, 1.165) is 24.3 Å². The molecule has 0 atom stereocenters. The van der Waals surface area contributed by atoms with Crippen molar-refractivity contribution < 1.29 is 19.0 Å². The predicted molar refractivity (Wildman–Crippen MR) is 78.8 cm³/mol. The number of nitrogens with one attached hydrogen (secondary N) is 1. The SMILES string of the molecule is Cc1ccc([N+](=O)[O-])cc1C(=O)Nc1ccc(F)c([N+](=O)[O-])c1. The molecule has 2 rings (SSSR count). The Kier molecular flexibility index (Phi) is 4.30. The Balaban J connectivity index is 2.33. The molecule has 1 N–H and O–H groups in total. The Morgan fingerprint density at radius 1 is 1.09 bits per heavy atom. The third kappa shape index (κ3) is 3.46. The summed E-state index contributed by atoms with van der Waals surface area (Å²) in [4.78, 5) is 32.1. The van der Waals surface area contributed by atoms with E-state index < -0.39 is 27.3 Å². The Labute approximate surface area is 128 Å². The maximum atomic E-state index is 13.3. The van der Waals surface area contributed by atoms with Crippen molar-refractivity contribution in [3.8, 4) is 0 Å². The van der Waals surface area contributed by atoms with Crippen LogP contribution >= 0.6 is 0 Å². The van der Waals surface area contributed by atoms with Gasteiger partial charge in [0.15, 0.2) is 0 Å². The van der Waals surface area contributed by atoms with E-state index in [1.807, 2.05) is 0 Å². The smallest absolute Gasteiger partial charge is 0.306 e. The lowest BCUT2D eigenvalue weighted by Crippen LogP contribution is -2.14. The number of rotatable bonds is 4. The molecule has 0 bridgehead atoms. The molecule has 8 nitrogen and oxygen atoms in total. The van der Waals surface area contributed by atoms with Gasteiger partial charge in [-0.2, -0.15) is 4.39 Å². The minimum Gasteiger partial charge on any atom is -0.322 e. The number of halogens is 1. The third-order valence-electron chi connectivity index (χ3n) is 3.08. The van der Waals surface area contributed by atoms with Crippen molar-refractivity contribution in [1.29, 1.82) is 0 Å². The number of nitrogens with zero attached hydrogens (tertiary/aromatic N) is 2. The zero-order valence-electron chi connectivity index (χ0n) is 11.8. The highest BCUT2D eigenvalue weighted by atomic mass is 19.1. The Morgan fingerprint density at radius 2 is 1.78 bits per heavy atom. The molecule has 0 unspecified atom stereocenters. The maximum absolute atomic E-state index is 13.3. The van der Waals surface area contributed by atoms with E-state index >= 15 is 0 Å². The molecule has 118 valence electrons. The second-order valence-corrected chi connectivity index (χ2v) is 4.63. The van der Waals surface area contributed by atoms with Gasteiger partial charge in [0.05, 0.1) is 9.85 Å². The van der Waals surface area contributed by atoms with Crippen LogP contribution in [0, 0.1) is 33.0 Å². The minimum atomic E-state index is -1.03. The summed E-state index contributed by atoms with van der Waals surface area (Å²) in [5, 5.41) is 23.8. The van der Waals surface area contributed by atoms with Gasteiger partial charge in [0.25, 0.3) is 11.6 Å². The van der Waals surface area contributed by atoms with E-state index in [0.29, 0.717) is 5.56 Å². The summed E-state index contributed by atoms with van der Waals surface area (Å²) in [6.45, 7) is 1.59. The number of carbonyl (C=O) groups is 1. The third-order valence-corrected chi connectivity index (χ3v) is 3.08.